The van der Waals surface area contributed by atoms with Gasteiger partial charge in [-0.15, -0.1) is 0 Å². The highest BCUT2D eigenvalue weighted by Crippen LogP contribution is 2.32. The number of benzene rings is 2. The maximum atomic E-state index is 13.9. The average molecular weight is 499 g/mol. The van der Waals surface area contributed by atoms with Crippen LogP contribution in [0, 0.1) is 6.92 Å². The lowest BCUT2D eigenvalue weighted by Gasteiger charge is -2.29. The second-order valence-electron chi connectivity index (χ2n) is 8.91. The number of amides is 1. The van der Waals surface area contributed by atoms with Gasteiger partial charge in [-0.3, -0.25) is 14.7 Å². The number of thiazole rings is 1. The van der Waals surface area contributed by atoms with Gasteiger partial charge in [0.05, 0.1) is 34.1 Å². The summed E-state index contributed by atoms with van der Waals surface area (Å²) in [6.45, 7) is 6.65. The minimum atomic E-state index is -0.160. The van der Waals surface area contributed by atoms with Gasteiger partial charge in [-0.25, -0.2) is 4.98 Å². The van der Waals surface area contributed by atoms with Crippen molar-refractivity contribution in [2.24, 2.45) is 0 Å². The van der Waals surface area contributed by atoms with Gasteiger partial charge < -0.3 is 10.1 Å². The maximum absolute atomic E-state index is 13.9. The molecular formula is C27H26N6O2S. The summed E-state index contributed by atoms with van der Waals surface area (Å²) in [5.41, 5.74) is 5.20. The Kier molecular flexibility index (Phi) is 5.66. The first kappa shape index (κ1) is 22.6. The Bertz CT molecular complexity index is 1620. The number of likely N-dealkylation sites (N-methyl/N-ethyl adjacent to an activating group) is 1. The van der Waals surface area contributed by atoms with Gasteiger partial charge in [-0.05, 0) is 37.7 Å². The van der Waals surface area contributed by atoms with Crippen molar-refractivity contribution in [1.29, 1.82) is 0 Å². The first-order chi connectivity index (χ1) is 17.5. The van der Waals surface area contributed by atoms with Crippen molar-refractivity contribution in [1.82, 2.24) is 24.6 Å². The molecule has 0 unspecified atom stereocenters. The molecule has 3 aromatic heterocycles. The topological polar surface area (TPSA) is 85.2 Å². The van der Waals surface area contributed by atoms with Crippen molar-refractivity contribution in [2.75, 3.05) is 25.5 Å². The normalized spacial score (nSPS) is 13.8. The minimum Gasteiger partial charge on any atom is -0.497 e. The number of ether oxygens (including phenoxy) is 1. The number of carbonyl (C=O) groups is 1. The molecule has 5 aromatic rings. The molecule has 6 rings (SSSR count). The minimum absolute atomic E-state index is 0.160. The number of rotatable bonds is 5. The molecule has 0 aliphatic carbocycles. The van der Waals surface area contributed by atoms with Crippen LogP contribution in [0.15, 0.2) is 48.5 Å². The molecule has 0 radical (unpaired) electrons. The Morgan fingerprint density at radius 2 is 2.00 bits per heavy atom. The Morgan fingerprint density at radius 3 is 2.83 bits per heavy atom. The number of hydrogen-bond donors (Lipinski definition) is 1. The highest BCUT2D eigenvalue weighted by molar-refractivity contribution is 7.20. The van der Waals surface area contributed by atoms with Gasteiger partial charge in [0.25, 0.3) is 5.91 Å². The van der Waals surface area contributed by atoms with E-state index in [0.29, 0.717) is 23.1 Å². The number of anilines is 1. The molecule has 0 fully saturated rings. The van der Waals surface area contributed by atoms with Crippen LogP contribution in [0.1, 0.15) is 34.2 Å². The molecule has 1 amide bonds. The Balaban J connectivity index is 1.42. The van der Waals surface area contributed by atoms with Crippen LogP contribution in [0.5, 0.6) is 5.75 Å². The van der Waals surface area contributed by atoms with E-state index in [4.69, 9.17) is 14.7 Å². The molecular weight excluding hydrogens is 472 g/mol. The van der Waals surface area contributed by atoms with Crippen LogP contribution in [0.4, 0.5) is 5.82 Å². The molecule has 4 heterocycles. The zero-order valence-electron chi connectivity index (χ0n) is 20.4. The molecule has 8 nitrogen and oxygen atoms in total. The fourth-order valence-corrected chi connectivity index (χ4v) is 5.76. The van der Waals surface area contributed by atoms with E-state index >= 15 is 0 Å². The number of methoxy groups -OCH3 is 1. The number of nitrogens with zero attached hydrogens (tertiary/aromatic N) is 5. The molecule has 182 valence electrons. The van der Waals surface area contributed by atoms with Crippen LogP contribution < -0.4 is 10.1 Å². The Labute approximate surface area is 212 Å². The lowest BCUT2D eigenvalue weighted by molar-refractivity contribution is 0.102. The van der Waals surface area contributed by atoms with E-state index in [1.165, 1.54) is 11.3 Å². The SMILES string of the molecule is CCN1CCc2nc3ccccc3c(C(=O)Nc3cc(C)nn3-c3nc4ccc(OC)cc4s3)c2C1. The number of nitrogens with one attached hydrogen (secondary N) is 1. The summed E-state index contributed by atoms with van der Waals surface area (Å²) in [7, 11) is 1.65. The molecule has 1 aliphatic heterocycles. The van der Waals surface area contributed by atoms with Crippen molar-refractivity contribution < 1.29 is 9.53 Å². The van der Waals surface area contributed by atoms with E-state index in [2.05, 4.69) is 22.2 Å². The molecule has 36 heavy (non-hydrogen) atoms. The van der Waals surface area contributed by atoms with Crippen molar-refractivity contribution in [3.63, 3.8) is 0 Å². The zero-order chi connectivity index (χ0) is 24.8. The first-order valence-electron chi connectivity index (χ1n) is 12.0. The molecule has 0 saturated carbocycles. The van der Waals surface area contributed by atoms with E-state index in [9.17, 15) is 4.79 Å². The fraction of sp³-hybridized carbons (Fsp3) is 0.259. The van der Waals surface area contributed by atoms with Gasteiger partial charge in [-0.1, -0.05) is 36.5 Å². The quantitative estimate of drug-likeness (QED) is 0.368. The Hall–Kier alpha value is -3.82. The summed E-state index contributed by atoms with van der Waals surface area (Å²) < 4.78 is 8.05. The summed E-state index contributed by atoms with van der Waals surface area (Å²) in [5.74, 6) is 1.20. The van der Waals surface area contributed by atoms with Crippen LogP contribution in [-0.2, 0) is 13.0 Å². The standard InChI is InChI=1S/C27H26N6O2S/c1-4-32-12-11-21-19(15-32)25(18-7-5-6-8-20(18)28-21)26(34)30-24-13-16(2)31-33(24)27-29-22-10-9-17(35-3)14-23(22)36-27/h5-10,13-14H,4,11-12,15H2,1-3H3,(H,30,34). The number of fused-ring (bicyclic) bond motifs is 3. The highest BCUT2D eigenvalue weighted by atomic mass is 32.1. The second kappa shape index (κ2) is 9.00. The number of aryl methyl sites for hydroxylation is 1. The van der Waals surface area contributed by atoms with Crippen molar-refractivity contribution in [3.05, 3.63) is 71.0 Å². The largest absolute Gasteiger partial charge is 0.497 e. The lowest BCUT2D eigenvalue weighted by atomic mass is 9.95. The third-order valence-corrected chi connectivity index (χ3v) is 7.63. The number of pyridine rings is 1. The highest BCUT2D eigenvalue weighted by Gasteiger charge is 2.26. The maximum Gasteiger partial charge on any atom is 0.257 e. The molecule has 0 spiro atoms. The summed E-state index contributed by atoms with van der Waals surface area (Å²) in [4.78, 5) is 25.9. The van der Waals surface area contributed by atoms with Crippen LogP contribution in [0.25, 0.3) is 26.3 Å². The van der Waals surface area contributed by atoms with E-state index in [-0.39, 0.29) is 5.91 Å². The van der Waals surface area contributed by atoms with Gasteiger partial charge in [0.1, 0.15) is 11.6 Å². The molecule has 0 bridgehead atoms. The van der Waals surface area contributed by atoms with E-state index in [1.54, 1.807) is 11.8 Å². The van der Waals surface area contributed by atoms with Crippen LogP contribution >= 0.6 is 11.3 Å². The third kappa shape index (κ3) is 3.90. The smallest absolute Gasteiger partial charge is 0.257 e. The first-order valence-corrected chi connectivity index (χ1v) is 12.8. The summed E-state index contributed by atoms with van der Waals surface area (Å²) in [6, 6.07) is 15.5. The zero-order valence-corrected chi connectivity index (χ0v) is 21.2. The van der Waals surface area contributed by atoms with E-state index < -0.39 is 0 Å². The Morgan fingerprint density at radius 1 is 1.14 bits per heavy atom. The summed E-state index contributed by atoms with van der Waals surface area (Å²) >= 11 is 1.50. The van der Waals surface area contributed by atoms with Crippen molar-refractivity contribution in [2.45, 2.75) is 26.8 Å². The molecule has 0 saturated heterocycles. The number of para-hydroxylation sites is 1. The second-order valence-corrected chi connectivity index (χ2v) is 9.92. The molecule has 1 aliphatic rings. The molecule has 9 heteroatoms. The van der Waals surface area contributed by atoms with Gasteiger partial charge in [-0.2, -0.15) is 9.78 Å². The van der Waals surface area contributed by atoms with Crippen LogP contribution in [0.2, 0.25) is 0 Å². The van der Waals surface area contributed by atoms with Gasteiger partial charge in [0, 0.05) is 42.2 Å². The number of hydrogen-bond acceptors (Lipinski definition) is 7. The van der Waals surface area contributed by atoms with E-state index in [1.807, 2.05) is 55.5 Å². The van der Waals surface area contributed by atoms with Crippen LogP contribution in [0.3, 0.4) is 0 Å². The molecule has 1 N–H and O–H groups in total. The number of carbonyl (C=O) groups excluding carboxylic acids is 1. The van der Waals surface area contributed by atoms with Crippen LogP contribution in [-0.4, -0.2) is 50.8 Å². The number of aromatic nitrogens is 4. The summed E-state index contributed by atoms with van der Waals surface area (Å²) in [5, 5.41) is 9.33. The molecule has 0 atom stereocenters. The fourth-order valence-electron chi connectivity index (χ4n) is 4.80. The predicted octanol–water partition coefficient (Wildman–Crippen LogP) is 4.98. The van der Waals surface area contributed by atoms with Gasteiger partial charge in [0.15, 0.2) is 0 Å². The van der Waals surface area contributed by atoms with Gasteiger partial charge >= 0.3 is 0 Å². The predicted molar refractivity (Wildman–Crippen MR) is 142 cm³/mol. The van der Waals surface area contributed by atoms with Gasteiger partial charge in [0.2, 0.25) is 5.13 Å². The van der Waals surface area contributed by atoms with Crippen molar-refractivity contribution >= 4 is 44.2 Å². The lowest BCUT2D eigenvalue weighted by Crippen LogP contribution is -2.33. The molecule has 2 aromatic carbocycles. The summed E-state index contributed by atoms with van der Waals surface area (Å²) in [6.07, 6.45) is 0.834. The van der Waals surface area contributed by atoms with Crippen molar-refractivity contribution in [3.8, 4) is 10.9 Å². The van der Waals surface area contributed by atoms with E-state index in [0.717, 1.165) is 63.3 Å². The monoisotopic (exact) mass is 498 g/mol. The average Bonchev–Trinajstić information content (AvgIpc) is 3.48. The third-order valence-electron chi connectivity index (χ3n) is 6.64.